The van der Waals surface area contributed by atoms with Gasteiger partial charge in [0.2, 0.25) is 5.91 Å². The summed E-state index contributed by atoms with van der Waals surface area (Å²) in [5.41, 5.74) is -1.00. The average Bonchev–Trinajstić information content (AvgIpc) is 2.26. The number of hydrogen-bond donors (Lipinski definition) is 2. The van der Waals surface area contributed by atoms with E-state index in [1.165, 1.54) is 0 Å². The summed E-state index contributed by atoms with van der Waals surface area (Å²) < 4.78 is 0. The third-order valence-electron chi connectivity index (χ3n) is 3.97. The lowest BCUT2D eigenvalue weighted by atomic mass is 9.92. The molecule has 2 N–H and O–H groups in total. The zero-order valence-electron chi connectivity index (χ0n) is 13.3. The summed E-state index contributed by atoms with van der Waals surface area (Å²) in [6.07, 6.45) is 1.92. The highest BCUT2D eigenvalue weighted by atomic mass is 16.3. The lowest BCUT2D eigenvalue weighted by molar-refractivity contribution is -0.140. The van der Waals surface area contributed by atoms with Crippen LogP contribution >= 0.6 is 0 Å². The Morgan fingerprint density at radius 2 is 1.68 bits per heavy atom. The third-order valence-corrected chi connectivity index (χ3v) is 3.97. The molecule has 0 radical (unpaired) electrons. The van der Waals surface area contributed by atoms with Gasteiger partial charge in [-0.25, -0.2) is 0 Å². The number of piperidine rings is 1. The van der Waals surface area contributed by atoms with E-state index in [-0.39, 0.29) is 17.4 Å². The van der Waals surface area contributed by atoms with Crippen LogP contribution in [0.1, 0.15) is 54.4 Å². The monoisotopic (exact) mass is 270 g/mol. The van der Waals surface area contributed by atoms with Crippen LogP contribution in [0.5, 0.6) is 0 Å². The fourth-order valence-electron chi connectivity index (χ4n) is 2.28. The molecular formula is C15H30N2O2. The molecule has 1 aliphatic rings. The van der Waals surface area contributed by atoms with E-state index in [1.807, 2.05) is 46.4 Å². The van der Waals surface area contributed by atoms with E-state index in [0.29, 0.717) is 6.04 Å². The number of carbonyl (C=O) groups is 1. The molecule has 1 unspecified atom stereocenters. The van der Waals surface area contributed by atoms with Crippen molar-refractivity contribution in [2.45, 2.75) is 72.1 Å². The van der Waals surface area contributed by atoms with Crippen LogP contribution in [0.4, 0.5) is 0 Å². The van der Waals surface area contributed by atoms with Crippen molar-refractivity contribution >= 4 is 5.91 Å². The Labute approximate surface area is 117 Å². The Morgan fingerprint density at radius 1 is 1.21 bits per heavy atom. The van der Waals surface area contributed by atoms with E-state index in [0.717, 1.165) is 25.9 Å². The Balaban J connectivity index is 2.44. The van der Waals surface area contributed by atoms with E-state index in [2.05, 4.69) is 5.32 Å². The van der Waals surface area contributed by atoms with Crippen molar-refractivity contribution in [1.29, 1.82) is 0 Å². The first-order chi connectivity index (χ1) is 8.51. The van der Waals surface area contributed by atoms with E-state index < -0.39 is 5.60 Å². The van der Waals surface area contributed by atoms with E-state index in [9.17, 15) is 9.90 Å². The molecule has 1 aliphatic heterocycles. The Bertz CT molecular complexity index is 307. The minimum Gasteiger partial charge on any atom is -0.389 e. The molecule has 4 heteroatoms. The molecule has 1 heterocycles. The summed E-state index contributed by atoms with van der Waals surface area (Å²) >= 11 is 0. The highest BCUT2D eigenvalue weighted by Gasteiger charge is 2.32. The number of rotatable bonds is 3. The SMILES string of the molecule is CC(NC1CCN(C(=O)C(C)(C)C)CC1)C(C)(C)O. The van der Waals surface area contributed by atoms with Crippen molar-refractivity contribution in [3.63, 3.8) is 0 Å². The molecule has 0 aliphatic carbocycles. The van der Waals surface area contributed by atoms with Gasteiger partial charge in [-0.15, -0.1) is 0 Å². The topological polar surface area (TPSA) is 52.6 Å². The van der Waals surface area contributed by atoms with Gasteiger partial charge >= 0.3 is 0 Å². The van der Waals surface area contributed by atoms with Gasteiger partial charge in [0.05, 0.1) is 5.60 Å². The van der Waals surface area contributed by atoms with Gasteiger partial charge in [-0.1, -0.05) is 20.8 Å². The Hall–Kier alpha value is -0.610. The van der Waals surface area contributed by atoms with Gasteiger partial charge in [0.1, 0.15) is 0 Å². The van der Waals surface area contributed by atoms with Crippen LogP contribution in [0.25, 0.3) is 0 Å². The quantitative estimate of drug-likeness (QED) is 0.822. The number of amides is 1. The first kappa shape index (κ1) is 16.4. The summed E-state index contributed by atoms with van der Waals surface area (Å²) in [6.45, 7) is 13.2. The van der Waals surface area contributed by atoms with Gasteiger partial charge in [0.25, 0.3) is 0 Å². The fraction of sp³-hybridized carbons (Fsp3) is 0.933. The maximum Gasteiger partial charge on any atom is 0.227 e. The lowest BCUT2D eigenvalue weighted by Crippen LogP contribution is -2.53. The standard InChI is InChI=1S/C15H30N2O2/c1-11(15(5,6)19)16-12-7-9-17(10-8-12)13(18)14(2,3)4/h11-12,16,19H,7-10H2,1-6H3. The van der Waals surface area contributed by atoms with Crippen LogP contribution in [0, 0.1) is 5.41 Å². The number of nitrogens with zero attached hydrogens (tertiary/aromatic N) is 1. The maximum atomic E-state index is 12.2. The Kier molecular flexibility index (Phi) is 5.02. The van der Waals surface area contributed by atoms with Gasteiger partial charge in [-0.2, -0.15) is 0 Å². The highest BCUT2D eigenvalue weighted by Crippen LogP contribution is 2.21. The van der Waals surface area contributed by atoms with Crippen LogP contribution < -0.4 is 5.32 Å². The second-order valence-corrected chi connectivity index (χ2v) is 7.36. The van der Waals surface area contributed by atoms with Crippen molar-refractivity contribution in [3.8, 4) is 0 Å². The van der Waals surface area contributed by atoms with Gasteiger partial charge in [0.15, 0.2) is 0 Å². The fourth-order valence-corrected chi connectivity index (χ4v) is 2.28. The molecule has 112 valence electrons. The van der Waals surface area contributed by atoms with E-state index >= 15 is 0 Å². The molecule has 1 atom stereocenters. The highest BCUT2D eigenvalue weighted by molar-refractivity contribution is 5.81. The molecule has 1 amide bonds. The molecule has 1 saturated heterocycles. The zero-order valence-corrected chi connectivity index (χ0v) is 13.3. The number of hydrogen-bond acceptors (Lipinski definition) is 3. The predicted octanol–water partition coefficient (Wildman–Crippen LogP) is 1.77. The maximum absolute atomic E-state index is 12.2. The number of aliphatic hydroxyl groups is 1. The molecule has 1 rings (SSSR count). The summed E-state index contributed by atoms with van der Waals surface area (Å²) in [4.78, 5) is 14.1. The van der Waals surface area contributed by atoms with Gasteiger partial charge < -0.3 is 15.3 Å². The van der Waals surface area contributed by atoms with Gasteiger partial charge in [-0.3, -0.25) is 4.79 Å². The largest absolute Gasteiger partial charge is 0.389 e. The smallest absolute Gasteiger partial charge is 0.227 e. The number of likely N-dealkylation sites (tertiary alicyclic amines) is 1. The molecule has 4 nitrogen and oxygen atoms in total. The molecule has 19 heavy (non-hydrogen) atoms. The molecule has 0 aromatic rings. The molecule has 1 fully saturated rings. The minimum absolute atomic E-state index is 0.0577. The van der Waals surface area contributed by atoms with Gasteiger partial charge in [0, 0.05) is 30.6 Å². The number of nitrogens with one attached hydrogen (secondary N) is 1. The zero-order chi connectivity index (χ0) is 14.8. The summed E-state index contributed by atoms with van der Waals surface area (Å²) in [6, 6.07) is 0.452. The minimum atomic E-state index is -0.710. The lowest BCUT2D eigenvalue weighted by Gasteiger charge is -2.38. The van der Waals surface area contributed by atoms with Crippen molar-refractivity contribution in [2.24, 2.45) is 5.41 Å². The van der Waals surface area contributed by atoms with Crippen molar-refractivity contribution in [3.05, 3.63) is 0 Å². The summed E-state index contributed by atoms with van der Waals surface area (Å²) in [5.74, 6) is 0.237. The normalized spacial score (nSPS) is 20.5. The van der Waals surface area contributed by atoms with Crippen LogP contribution in [0.15, 0.2) is 0 Å². The van der Waals surface area contributed by atoms with Crippen molar-refractivity contribution in [1.82, 2.24) is 10.2 Å². The molecule has 0 aromatic heterocycles. The molecule has 0 aromatic carbocycles. The van der Waals surface area contributed by atoms with Crippen molar-refractivity contribution < 1.29 is 9.90 Å². The second kappa shape index (κ2) is 5.80. The molecule has 0 spiro atoms. The van der Waals surface area contributed by atoms with Gasteiger partial charge in [-0.05, 0) is 33.6 Å². The van der Waals surface area contributed by atoms with E-state index in [4.69, 9.17) is 0 Å². The number of carbonyl (C=O) groups excluding carboxylic acids is 1. The summed E-state index contributed by atoms with van der Waals surface area (Å²) in [7, 11) is 0. The molecule has 0 bridgehead atoms. The van der Waals surface area contributed by atoms with Crippen LogP contribution in [-0.4, -0.2) is 46.7 Å². The first-order valence-electron chi connectivity index (χ1n) is 7.29. The first-order valence-corrected chi connectivity index (χ1v) is 7.29. The van der Waals surface area contributed by atoms with Crippen LogP contribution in [0.3, 0.4) is 0 Å². The predicted molar refractivity (Wildman–Crippen MR) is 78.0 cm³/mol. The third kappa shape index (κ3) is 4.77. The second-order valence-electron chi connectivity index (χ2n) is 7.36. The van der Waals surface area contributed by atoms with E-state index in [1.54, 1.807) is 0 Å². The molecular weight excluding hydrogens is 240 g/mol. The van der Waals surface area contributed by atoms with Crippen molar-refractivity contribution in [2.75, 3.05) is 13.1 Å². The molecule has 0 saturated carbocycles. The average molecular weight is 270 g/mol. The van der Waals surface area contributed by atoms with Crippen LogP contribution in [0.2, 0.25) is 0 Å². The summed E-state index contributed by atoms with van der Waals surface area (Å²) in [5, 5.41) is 13.4. The Morgan fingerprint density at radius 3 is 2.05 bits per heavy atom. The van der Waals surface area contributed by atoms with Crippen LogP contribution in [-0.2, 0) is 4.79 Å².